The first-order valence-electron chi connectivity index (χ1n) is 9.26. The monoisotopic (exact) mass is 362 g/mol. The van der Waals surface area contributed by atoms with Crippen LogP contribution in [0.25, 0.3) is 11.1 Å². The van der Waals surface area contributed by atoms with Crippen LogP contribution in [0.3, 0.4) is 0 Å². The number of likely N-dealkylation sites (tertiary alicyclic amines) is 1. The lowest BCUT2D eigenvalue weighted by molar-refractivity contribution is -0.148. The van der Waals surface area contributed by atoms with E-state index in [2.05, 4.69) is 6.07 Å². The highest BCUT2D eigenvalue weighted by atomic mass is 16.5. The Kier molecular flexibility index (Phi) is 4.59. The van der Waals surface area contributed by atoms with Crippen LogP contribution in [0.5, 0.6) is 5.75 Å². The quantitative estimate of drug-likeness (QED) is 0.887. The number of hydrogen-bond donors (Lipinski definition) is 1. The molecule has 1 aliphatic heterocycles. The molecule has 1 amide bonds. The third kappa shape index (κ3) is 2.87. The van der Waals surface area contributed by atoms with Crippen LogP contribution >= 0.6 is 0 Å². The predicted molar refractivity (Wildman–Crippen MR) is 101 cm³/mol. The molecule has 1 saturated carbocycles. The number of aliphatic hydroxyl groups is 1. The van der Waals surface area contributed by atoms with Crippen LogP contribution in [0.2, 0.25) is 0 Å². The van der Waals surface area contributed by atoms with Gasteiger partial charge in [-0.1, -0.05) is 42.5 Å². The standard InChI is InChI=1S/C22H22N2O3/c1-27-20-9-5-4-7-16(20)15-6-2-3-8-17(15)21-18(12-23)24(19(21)13-25)22(26)14-10-11-14/h2-9,14,18-19,21,25H,10-11,13H2,1H3/t18-,19+,21-/m1/s1. The Morgan fingerprint density at radius 3 is 2.48 bits per heavy atom. The molecule has 5 heteroatoms. The van der Waals surface area contributed by atoms with Crippen molar-refractivity contribution in [1.82, 2.24) is 4.90 Å². The summed E-state index contributed by atoms with van der Waals surface area (Å²) >= 11 is 0. The molecule has 0 aromatic heterocycles. The van der Waals surface area contributed by atoms with Crippen molar-refractivity contribution in [2.45, 2.75) is 30.8 Å². The lowest BCUT2D eigenvalue weighted by atomic mass is 9.73. The second kappa shape index (κ2) is 7.05. The minimum atomic E-state index is -0.550. The number of ether oxygens (including phenoxy) is 1. The third-order valence-corrected chi connectivity index (χ3v) is 5.63. The van der Waals surface area contributed by atoms with E-state index in [0.717, 1.165) is 35.3 Å². The minimum Gasteiger partial charge on any atom is -0.496 e. The molecule has 0 unspecified atom stereocenters. The van der Waals surface area contributed by atoms with Crippen LogP contribution in [0.4, 0.5) is 0 Å². The molecule has 0 bridgehead atoms. The fraction of sp³-hybridized carbons (Fsp3) is 0.364. The summed E-state index contributed by atoms with van der Waals surface area (Å²) in [4.78, 5) is 14.2. The van der Waals surface area contributed by atoms with E-state index in [1.165, 1.54) is 0 Å². The molecule has 1 saturated heterocycles. The van der Waals surface area contributed by atoms with Crippen LogP contribution in [0.15, 0.2) is 48.5 Å². The highest BCUT2D eigenvalue weighted by Gasteiger charge is 2.54. The number of aliphatic hydroxyl groups excluding tert-OH is 1. The summed E-state index contributed by atoms with van der Waals surface area (Å²) in [6, 6.07) is 17.0. The van der Waals surface area contributed by atoms with Crippen molar-refractivity contribution in [2.24, 2.45) is 5.92 Å². The number of rotatable bonds is 5. The minimum absolute atomic E-state index is 0.00613. The van der Waals surface area contributed by atoms with E-state index in [0.29, 0.717) is 0 Å². The zero-order valence-corrected chi connectivity index (χ0v) is 15.2. The number of para-hydroxylation sites is 1. The molecule has 2 fully saturated rings. The molecule has 0 radical (unpaired) electrons. The maximum absolute atomic E-state index is 12.6. The van der Waals surface area contributed by atoms with E-state index in [1.54, 1.807) is 12.0 Å². The highest BCUT2D eigenvalue weighted by Crippen LogP contribution is 2.47. The Labute approximate surface area is 158 Å². The number of carbonyl (C=O) groups is 1. The van der Waals surface area contributed by atoms with Gasteiger partial charge in [0.1, 0.15) is 11.8 Å². The lowest BCUT2D eigenvalue weighted by Gasteiger charge is -2.52. The number of nitriles is 1. The molecule has 4 rings (SSSR count). The molecule has 1 N–H and O–H groups in total. The van der Waals surface area contributed by atoms with Crippen molar-refractivity contribution in [3.05, 3.63) is 54.1 Å². The van der Waals surface area contributed by atoms with Crippen molar-refractivity contribution < 1.29 is 14.6 Å². The van der Waals surface area contributed by atoms with Gasteiger partial charge in [0.15, 0.2) is 0 Å². The maximum atomic E-state index is 12.6. The van der Waals surface area contributed by atoms with E-state index < -0.39 is 6.04 Å². The Bertz CT molecular complexity index is 900. The number of hydrogen-bond acceptors (Lipinski definition) is 4. The van der Waals surface area contributed by atoms with Gasteiger partial charge in [0, 0.05) is 17.4 Å². The molecule has 2 aliphatic rings. The number of benzene rings is 2. The molecule has 1 aliphatic carbocycles. The van der Waals surface area contributed by atoms with Crippen molar-refractivity contribution in [3.63, 3.8) is 0 Å². The molecule has 2 aromatic carbocycles. The molecule has 3 atom stereocenters. The Morgan fingerprint density at radius 2 is 1.85 bits per heavy atom. The fourth-order valence-electron chi connectivity index (χ4n) is 4.12. The third-order valence-electron chi connectivity index (χ3n) is 5.63. The topological polar surface area (TPSA) is 73.6 Å². The predicted octanol–water partition coefficient (Wildman–Crippen LogP) is 2.95. The van der Waals surface area contributed by atoms with Gasteiger partial charge in [-0.15, -0.1) is 0 Å². The summed E-state index contributed by atoms with van der Waals surface area (Å²) in [5, 5.41) is 19.8. The first kappa shape index (κ1) is 17.6. The Hall–Kier alpha value is -2.84. The number of nitrogens with zero attached hydrogens (tertiary/aromatic N) is 2. The molecule has 1 heterocycles. The zero-order chi connectivity index (χ0) is 19.0. The zero-order valence-electron chi connectivity index (χ0n) is 15.2. The van der Waals surface area contributed by atoms with Crippen LogP contribution in [0, 0.1) is 17.2 Å². The van der Waals surface area contributed by atoms with Crippen LogP contribution in [-0.2, 0) is 4.79 Å². The smallest absolute Gasteiger partial charge is 0.227 e. The van der Waals surface area contributed by atoms with Crippen molar-refractivity contribution in [3.8, 4) is 22.9 Å². The van der Waals surface area contributed by atoms with Gasteiger partial charge in [-0.05, 0) is 30.0 Å². The summed E-state index contributed by atoms with van der Waals surface area (Å²) in [6.45, 7) is -0.151. The van der Waals surface area contributed by atoms with Crippen LogP contribution in [0.1, 0.15) is 24.3 Å². The summed E-state index contributed by atoms with van der Waals surface area (Å²) in [5.74, 6) is 0.569. The molecule has 27 heavy (non-hydrogen) atoms. The van der Waals surface area contributed by atoms with Gasteiger partial charge in [-0.25, -0.2) is 0 Å². The van der Waals surface area contributed by atoms with E-state index in [1.807, 2.05) is 48.5 Å². The fourth-order valence-corrected chi connectivity index (χ4v) is 4.12. The molecule has 5 nitrogen and oxygen atoms in total. The SMILES string of the molecule is COc1ccccc1-c1ccccc1[C@@H]1[C@@H](C#N)N(C(=O)C2CC2)[C@H]1CO. The summed E-state index contributed by atoms with van der Waals surface area (Å²) < 4.78 is 5.51. The van der Waals surface area contributed by atoms with Crippen LogP contribution in [-0.4, -0.2) is 41.7 Å². The first-order chi connectivity index (χ1) is 13.2. The summed E-state index contributed by atoms with van der Waals surface area (Å²) in [6.07, 6.45) is 1.77. The van der Waals surface area contributed by atoms with Crippen molar-refractivity contribution in [2.75, 3.05) is 13.7 Å². The maximum Gasteiger partial charge on any atom is 0.227 e. The molecule has 0 spiro atoms. The number of amides is 1. The number of methoxy groups -OCH3 is 1. The second-order valence-electron chi connectivity index (χ2n) is 7.16. The van der Waals surface area contributed by atoms with Gasteiger partial charge in [-0.3, -0.25) is 4.79 Å². The largest absolute Gasteiger partial charge is 0.496 e. The molecule has 2 aromatic rings. The normalized spacial score (nSPS) is 24.0. The average molecular weight is 362 g/mol. The van der Waals surface area contributed by atoms with Gasteiger partial charge in [-0.2, -0.15) is 5.26 Å². The highest BCUT2D eigenvalue weighted by molar-refractivity contribution is 5.84. The Morgan fingerprint density at radius 1 is 1.19 bits per heavy atom. The van der Waals surface area contributed by atoms with Gasteiger partial charge >= 0.3 is 0 Å². The average Bonchev–Trinajstić information content (AvgIpc) is 3.53. The van der Waals surface area contributed by atoms with Gasteiger partial charge in [0.25, 0.3) is 0 Å². The van der Waals surface area contributed by atoms with E-state index >= 15 is 0 Å². The molecule has 138 valence electrons. The first-order valence-corrected chi connectivity index (χ1v) is 9.26. The van der Waals surface area contributed by atoms with Gasteiger partial charge < -0.3 is 14.7 Å². The summed E-state index contributed by atoms with van der Waals surface area (Å²) in [7, 11) is 1.63. The van der Waals surface area contributed by atoms with E-state index in [9.17, 15) is 15.2 Å². The van der Waals surface area contributed by atoms with Gasteiger partial charge in [0.2, 0.25) is 5.91 Å². The second-order valence-corrected chi connectivity index (χ2v) is 7.16. The Balaban J connectivity index is 1.75. The van der Waals surface area contributed by atoms with E-state index in [4.69, 9.17) is 4.74 Å². The summed E-state index contributed by atoms with van der Waals surface area (Å²) in [5.41, 5.74) is 2.88. The molecular formula is C22H22N2O3. The van der Waals surface area contributed by atoms with Gasteiger partial charge in [0.05, 0.1) is 25.8 Å². The van der Waals surface area contributed by atoms with E-state index in [-0.39, 0.29) is 30.4 Å². The van der Waals surface area contributed by atoms with Crippen molar-refractivity contribution >= 4 is 5.91 Å². The van der Waals surface area contributed by atoms with Crippen LogP contribution < -0.4 is 4.74 Å². The van der Waals surface area contributed by atoms with Crippen molar-refractivity contribution in [1.29, 1.82) is 5.26 Å². The lowest BCUT2D eigenvalue weighted by Crippen LogP contribution is -2.65. The number of carbonyl (C=O) groups excluding carboxylic acids is 1. The molecular weight excluding hydrogens is 340 g/mol.